The maximum Gasteiger partial charge on any atom is 0.416 e. The minimum Gasteiger partial charge on any atom is -0.494 e. The summed E-state index contributed by atoms with van der Waals surface area (Å²) in [6.45, 7) is 2.76. The molecule has 46 heavy (non-hydrogen) atoms. The number of hydrogen-bond acceptors (Lipinski definition) is 8. The molecule has 0 heterocycles. The summed E-state index contributed by atoms with van der Waals surface area (Å²) >= 11 is 11.7. The van der Waals surface area contributed by atoms with Crippen LogP contribution in [0, 0.1) is 0 Å². The first-order valence-electron chi connectivity index (χ1n) is 14.1. The highest BCUT2D eigenvalue weighted by molar-refractivity contribution is 8.31. The molecule has 0 spiro atoms. The van der Waals surface area contributed by atoms with Crippen molar-refractivity contribution in [2.45, 2.75) is 76.3 Å². The molecule has 258 valence electrons. The van der Waals surface area contributed by atoms with Crippen molar-refractivity contribution in [2.24, 2.45) is 0 Å². The minimum absolute atomic E-state index is 0.111. The lowest BCUT2D eigenvalue weighted by Crippen LogP contribution is -2.33. The van der Waals surface area contributed by atoms with Gasteiger partial charge in [0.2, 0.25) is 5.38 Å². The van der Waals surface area contributed by atoms with Crippen LogP contribution in [0.1, 0.15) is 70.3 Å². The Hall–Kier alpha value is -2.45. The van der Waals surface area contributed by atoms with E-state index < -0.39 is 37.3 Å². The normalized spacial score (nSPS) is 11.9. The zero-order valence-corrected chi connectivity index (χ0v) is 28.6. The standard InChI is InChI=1S/C29H34Cl2F3NO6.Cl2O2S/c1-2-39-25(36)11-9-7-5-3-4-6-8-10-18-40-21-13-15-22(16-14-21)41-28(38)26(31)27(37)35-24-19-20(29(32,33)34)12-17-23(24)30;1-5(2,3)4/h12-17,19,26H,2-11,18H2,1H3,(H,35,37);. The van der Waals surface area contributed by atoms with E-state index in [9.17, 15) is 27.6 Å². The minimum atomic E-state index is -4.64. The predicted octanol–water partition coefficient (Wildman–Crippen LogP) is 8.67. The average Bonchev–Trinajstić information content (AvgIpc) is 2.96. The van der Waals surface area contributed by atoms with Crippen molar-refractivity contribution in [1.82, 2.24) is 0 Å². The molecule has 0 aromatic heterocycles. The van der Waals surface area contributed by atoms with E-state index in [1.807, 2.05) is 0 Å². The zero-order valence-electron chi connectivity index (χ0n) is 24.7. The summed E-state index contributed by atoms with van der Waals surface area (Å²) in [5.41, 5.74) is -1.36. The third-order valence-electron chi connectivity index (χ3n) is 5.88. The molecule has 0 fully saturated rings. The fourth-order valence-electron chi connectivity index (χ4n) is 3.73. The molecule has 9 nitrogen and oxygen atoms in total. The van der Waals surface area contributed by atoms with Gasteiger partial charge in [0.1, 0.15) is 11.5 Å². The molecule has 2 aromatic carbocycles. The molecule has 0 saturated heterocycles. The van der Waals surface area contributed by atoms with Gasteiger partial charge in [-0.25, -0.2) is 4.79 Å². The van der Waals surface area contributed by atoms with E-state index in [2.05, 4.69) is 26.7 Å². The van der Waals surface area contributed by atoms with Crippen LogP contribution in [-0.2, 0) is 33.6 Å². The number of alkyl halides is 4. The largest absolute Gasteiger partial charge is 0.494 e. The Labute approximate surface area is 284 Å². The van der Waals surface area contributed by atoms with E-state index in [0.29, 0.717) is 31.5 Å². The molecule has 1 amide bonds. The number of halogens is 7. The monoisotopic (exact) mass is 753 g/mol. The SMILES string of the molecule is CCOC(=O)CCCCCCCCCCOc1ccc(OC(=O)C(Cl)C(=O)Nc2cc(C(F)(F)F)ccc2Cl)cc1.O=S(=O)(Cl)Cl. The Kier molecular flexibility index (Phi) is 19.4. The van der Waals surface area contributed by atoms with E-state index in [-0.39, 0.29) is 22.4 Å². The lowest BCUT2D eigenvalue weighted by molar-refractivity contribution is -0.143. The van der Waals surface area contributed by atoms with Gasteiger partial charge in [0.15, 0.2) is 0 Å². The number of hydrogen-bond donors (Lipinski definition) is 1. The molecule has 17 heteroatoms. The first-order chi connectivity index (χ1) is 21.5. The third kappa shape index (κ3) is 19.3. The van der Waals surface area contributed by atoms with Gasteiger partial charge in [-0.05, 0) is 62.2 Å². The Morgan fingerprint density at radius 3 is 1.93 bits per heavy atom. The quantitative estimate of drug-likeness (QED) is 0.0425. The van der Waals surface area contributed by atoms with Gasteiger partial charge in [0.25, 0.3) is 5.91 Å². The van der Waals surface area contributed by atoms with Crippen LogP contribution in [0.5, 0.6) is 11.5 Å². The van der Waals surface area contributed by atoms with Crippen LogP contribution in [0.15, 0.2) is 42.5 Å². The van der Waals surface area contributed by atoms with E-state index in [4.69, 9.17) is 45.8 Å². The van der Waals surface area contributed by atoms with Crippen LogP contribution < -0.4 is 14.8 Å². The summed E-state index contributed by atoms with van der Waals surface area (Å²) in [6.07, 6.45) is 4.12. The second-order valence-corrected chi connectivity index (χ2v) is 14.1. The maximum atomic E-state index is 12.9. The van der Waals surface area contributed by atoms with Crippen molar-refractivity contribution in [3.63, 3.8) is 0 Å². The van der Waals surface area contributed by atoms with Crippen molar-refractivity contribution < 1.29 is 50.2 Å². The summed E-state index contributed by atoms with van der Waals surface area (Å²) in [5.74, 6) is -1.64. The maximum absolute atomic E-state index is 12.9. The number of ether oxygens (including phenoxy) is 3. The summed E-state index contributed by atoms with van der Waals surface area (Å²) in [5, 5.41) is 0.133. The number of nitrogens with one attached hydrogen (secondary N) is 1. The zero-order chi connectivity index (χ0) is 34.8. The Bertz CT molecular complexity index is 1360. The second kappa shape index (κ2) is 21.4. The number of rotatable bonds is 17. The van der Waals surface area contributed by atoms with Gasteiger partial charge < -0.3 is 19.5 Å². The predicted molar refractivity (Wildman–Crippen MR) is 171 cm³/mol. The van der Waals surface area contributed by atoms with Crippen LogP contribution in [0.3, 0.4) is 0 Å². The molecule has 0 aliphatic heterocycles. The second-order valence-electron chi connectivity index (χ2n) is 9.55. The molecular weight excluding hydrogens is 721 g/mol. The van der Waals surface area contributed by atoms with Crippen molar-refractivity contribution in [3.05, 3.63) is 53.1 Å². The average molecular weight is 755 g/mol. The van der Waals surface area contributed by atoms with E-state index in [0.717, 1.165) is 63.5 Å². The fourth-order valence-corrected chi connectivity index (χ4v) is 3.99. The van der Waals surface area contributed by atoms with E-state index in [1.54, 1.807) is 19.1 Å². The molecule has 1 atom stereocenters. The Balaban J connectivity index is 0.00000195. The van der Waals surface area contributed by atoms with Gasteiger partial charge in [-0.2, -0.15) is 21.6 Å². The molecule has 0 aliphatic carbocycles. The van der Waals surface area contributed by atoms with Crippen LogP contribution in [0.4, 0.5) is 18.9 Å². The van der Waals surface area contributed by atoms with Crippen LogP contribution in [0.2, 0.25) is 5.02 Å². The highest BCUT2D eigenvalue weighted by Gasteiger charge is 2.32. The lowest BCUT2D eigenvalue weighted by Gasteiger charge is -2.14. The topological polar surface area (TPSA) is 125 Å². The van der Waals surface area contributed by atoms with E-state index in [1.165, 1.54) is 12.1 Å². The molecule has 0 aliphatic rings. The van der Waals surface area contributed by atoms with Gasteiger partial charge in [-0.15, -0.1) is 0 Å². The number of benzene rings is 2. The highest BCUT2D eigenvalue weighted by Crippen LogP contribution is 2.34. The molecule has 0 bridgehead atoms. The van der Waals surface area contributed by atoms with Crippen molar-refractivity contribution in [1.29, 1.82) is 0 Å². The Morgan fingerprint density at radius 2 is 1.39 bits per heavy atom. The summed E-state index contributed by atoms with van der Waals surface area (Å²) < 4.78 is 72.8. The van der Waals surface area contributed by atoms with Crippen molar-refractivity contribution in [3.8, 4) is 11.5 Å². The highest BCUT2D eigenvalue weighted by atomic mass is 36.0. The van der Waals surface area contributed by atoms with Crippen LogP contribution in [-0.4, -0.2) is 44.9 Å². The molecule has 1 unspecified atom stereocenters. The summed E-state index contributed by atoms with van der Waals surface area (Å²) in [6, 6.07) is 8.54. The molecule has 0 saturated carbocycles. The Morgan fingerprint density at radius 1 is 0.870 bits per heavy atom. The number of unbranched alkanes of at least 4 members (excludes halogenated alkanes) is 7. The fraction of sp³-hybridized carbons (Fsp3) is 0.483. The smallest absolute Gasteiger partial charge is 0.416 e. The summed E-state index contributed by atoms with van der Waals surface area (Å²) in [7, 11) is 4.81. The first kappa shape index (κ1) is 41.6. The van der Waals surface area contributed by atoms with Crippen LogP contribution >= 0.6 is 44.6 Å². The van der Waals surface area contributed by atoms with Crippen molar-refractivity contribution >= 4 is 76.4 Å². The van der Waals surface area contributed by atoms with Gasteiger partial charge in [0, 0.05) is 27.8 Å². The molecule has 2 aromatic rings. The molecule has 1 N–H and O–H groups in total. The van der Waals surface area contributed by atoms with E-state index >= 15 is 0 Å². The number of carbonyl (C=O) groups excluding carboxylic acids is 3. The van der Waals surface area contributed by atoms with Gasteiger partial charge >= 0.3 is 26.4 Å². The van der Waals surface area contributed by atoms with Crippen molar-refractivity contribution in [2.75, 3.05) is 18.5 Å². The number of amides is 1. The third-order valence-corrected chi connectivity index (χ3v) is 6.59. The molecular formula is C29H34Cl4F3NO8S. The molecule has 2 rings (SSSR count). The molecule has 0 radical (unpaired) electrons. The first-order valence-corrected chi connectivity index (χ1v) is 18.0. The number of esters is 2. The lowest BCUT2D eigenvalue weighted by atomic mass is 10.1. The van der Waals surface area contributed by atoms with Gasteiger partial charge in [0.05, 0.1) is 29.5 Å². The number of anilines is 1. The number of carbonyl (C=O) groups is 3. The van der Waals surface area contributed by atoms with Crippen LogP contribution in [0.25, 0.3) is 0 Å². The van der Waals surface area contributed by atoms with Gasteiger partial charge in [-0.1, -0.05) is 61.7 Å². The van der Waals surface area contributed by atoms with Gasteiger partial charge in [-0.3, -0.25) is 9.59 Å². The summed E-state index contributed by atoms with van der Waals surface area (Å²) in [4.78, 5) is 35.9.